The molecule has 39 heavy (non-hydrogen) atoms. The van der Waals surface area contributed by atoms with Crippen LogP contribution < -0.4 is 22.5 Å². The van der Waals surface area contributed by atoms with Crippen molar-refractivity contribution >= 4 is 30.0 Å². The Kier molecular flexibility index (Phi) is 12.3. The van der Waals surface area contributed by atoms with E-state index in [4.69, 9.17) is 26.2 Å². The highest BCUT2D eigenvalue weighted by Gasteiger charge is 2.22. The molecule has 1 amide bonds. The Morgan fingerprint density at radius 1 is 1.13 bits per heavy atom. The first kappa shape index (κ1) is 31.8. The first-order valence-corrected chi connectivity index (χ1v) is 11.5. The van der Waals surface area contributed by atoms with Gasteiger partial charge in [0.15, 0.2) is 0 Å². The van der Waals surface area contributed by atoms with Gasteiger partial charge in [0.25, 0.3) is 6.47 Å². The zero-order valence-corrected chi connectivity index (χ0v) is 22.1. The second-order valence-electron chi connectivity index (χ2n) is 8.46. The van der Waals surface area contributed by atoms with Crippen LogP contribution >= 0.6 is 0 Å². The van der Waals surface area contributed by atoms with Crippen LogP contribution in [0, 0.1) is 24.1 Å². The second kappa shape index (κ2) is 15.1. The van der Waals surface area contributed by atoms with Crippen LogP contribution in [-0.4, -0.2) is 35.0 Å². The molecule has 10 nitrogen and oxygen atoms in total. The lowest BCUT2D eigenvalue weighted by Gasteiger charge is -2.16. The van der Waals surface area contributed by atoms with Gasteiger partial charge in [-0.3, -0.25) is 14.6 Å². The van der Waals surface area contributed by atoms with Crippen molar-refractivity contribution in [1.29, 1.82) is 5.26 Å². The van der Waals surface area contributed by atoms with Crippen LogP contribution in [0.5, 0.6) is 0 Å². The highest BCUT2D eigenvalue weighted by atomic mass is 19.1. The third-order valence-corrected chi connectivity index (χ3v) is 5.46. The molecule has 3 aromatic rings. The highest BCUT2D eigenvalue weighted by molar-refractivity contribution is 5.85. The number of carboxylic acid groups (broad SMARTS) is 1. The molecule has 0 aliphatic carbocycles. The van der Waals surface area contributed by atoms with Gasteiger partial charge in [0, 0.05) is 42.5 Å². The van der Waals surface area contributed by atoms with Gasteiger partial charge in [0.05, 0.1) is 17.2 Å². The normalized spacial score (nSPS) is 11.1. The van der Waals surface area contributed by atoms with E-state index in [1.165, 1.54) is 12.3 Å². The van der Waals surface area contributed by atoms with Gasteiger partial charge in [0.2, 0.25) is 6.41 Å². The van der Waals surface area contributed by atoms with Gasteiger partial charge in [0.1, 0.15) is 11.6 Å². The number of nitrogens with zero attached hydrogens (tertiary/aromatic N) is 3. The van der Waals surface area contributed by atoms with Crippen molar-refractivity contribution in [2.75, 3.05) is 12.4 Å². The number of nitriles is 1. The molecule has 2 heterocycles. The Bertz CT molecular complexity index is 1390. The van der Waals surface area contributed by atoms with Crippen molar-refractivity contribution in [2.24, 2.45) is 17.2 Å². The van der Waals surface area contributed by atoms with E-state index >= 15 is 0 Å². The van der Waals surface area contributed by atoms with Gasteiger partial charge in [-0.1, -0.05) is 0 Å². The van der Waals surface area contributed by atoms with E-state index in [1.54, 1.807) is 64.5 Å². The summed E-state index contributed by atoms with van der Waals surface area (Å²) in [5, 5.41) is 19.3. The van der Waals surface area contributed by atoms with Crippen LogP contribution in [0.3, 0.4) is 0 Å². The van der Waals surface area contributed by atoms with Crippen molar-refractivity contribution in [3.63, 3.8) is 0 Å². The number of primary amides is 1. The summed E-state index contributed by atoms with van der Waals surface area (Å²) in [5.41, 5.74) is 20.7. The van der Waals surface area contributed by atoms with E-state index in [-0.39, 0.29) is 18.7 Å². The second-order valence-corrected chi connectivity index (χ2v) is 8.46. The number of nitrogens with two attached hydrogens (primary N) is 3. The molecule has 1 aromatic carbocycles. The van der Waals surface area contributed by atoms with Crippen LogP contribution in [0.25, 0.3) is 22.4 Å². The van der Waals surface area contributed by atoms with E-state index in [0.717, 1.165) is 5.56 Å². The van der Waals surface area contributed by atoms with Gasteiger partial charge >= 0.3 is 0 Å². The van der Waals surface area contributed by atoms with E-state index in [1.807, 2.05) is 12.1 Å². The molecule has 0 bridgehead atoms. The van der Waals surface area contributed by atoms with Crippen LogP contribution in [0.2, 0.25) is 0 Å². The number of pyridine rings is 2. The van der Waals surface area contributed by atoms with E-state index in [0.29, 0.717) is 45.0 Å². The summed E-state index contributed by atoms with van der Waals surface area (Å²) in [6.45, 7) is 5.10. The Hall–Kier alpha value is -5.24. The van der Waals surface area contributed by atoms with Crippen molar-refractivity contribution in [1.82, 2.24) is 9.97 Å². The minimum absolute atomic E-state index is 0.250. The Morgan fingerprint density at radius 3 is 2.31 bits per heavy atom. The van der Waals surface area contributed by atoms with Crippen molar-refractivity contribution in [3.8, 4) is 17.2 Å². The van der Waals surface area contributed by atoms with E-state index in [2.05, 4.69) is 27.1 Å². The first-order chi connectivity index (χ1) is 18.5. The average molecular weight is 534 g/mol. The lowest BCUT2D eigenvalue weighted by Crippen LogP contribution is -2.15. The molecule has 0 fully saturated rings. The van der Waals surface area contributed by atoms with E-state index in [9.17, 15) is 9.65 Å². The summed E-state index contributed by atoms with van der Waals surface area (Å²) in [7, 11) is 1.79. The number of carbonyl (C=O) groups is 2. The summed E-state index contributed by atoms with van der Waals surface area (Å²) in [5.74, 6) is 0.325. The maximum absolute atomic E-state index is 15.0. The molecule has 204 valence electrons. The summed E-state index contributed by atoms with van der Waals surface area (Å²) in [6.07, 6.45) is 6.75. The average Bonchev–Trinajstić information content (AvgIpc) is 2.92. The quantitative estimate of drug-likeness (QED) is 0.233. The number of amides is 1. The number of anilines is 1. The van der Waals surface area contributed by atoms with Crippen LogP contribution in [-0.2, 0) is 15.0 Å². The largest absolute Gasteiger partial charge is 0.483 e. The lowest BCUT2D eigenvalue weighted by atomic mass is 9.88. The van der Waals surface area contributed by atoms with Crippen LogP contribution in [0.4, 0.5) is 10.2 Å². The molecule has 3 rings (SSSR count). The molecule has 0 aliphatic heterocycles. The number of benzene rings is 1. The lowest BCUT2D eigenvalue weighted by molar-refractivity contribution is -0.122. The van der Waals surface area contributed by atoms with Gasteiger partial charge in [-0.15, -0.1) is 0 Å². The van der Waals surface area contributed by atoms with Crippen molar-refractivity contribution in [3.05, 3.63) is 89.3 Å². The maximum atomic E-state index is 15.0. The number of aromatic nitrogens is 2. The predicted molar refractivity (Wildman–Crippen MR) is 150 cm³/mol. The third-order valence-electron chi connectivity index (χ3n) is 5.46. The molecule has 2 aromatic heterocycles. The molecule has 0 saturated carbocycles. The Balaban J connectivity index is 0.00000116. The maximum Gasteiger partial charge on any atom is 0.290 e. The fourth-order valence-corrected chi connectivity index (χ4v) is 3.42. The Labute approximate surface area is 226 Å². The number of hydrogen-bond donors (Lipinski definition) is 5. The standard InChI is InChI=1S/C26H27FN6.CH3NO.CH2O2/c1-16-9-22(27)21(18-6-7-32-24(11-18)26(2,3)15-29)13-20(16)23(30)10-19(14-28)17-5-8-33-25(12-17)31-4;2*2-1-3/h5-14H,28,30H2,1-4H3,(H,31,33);1H,(H2,2,3);1H,(H,2,3)/b19-14+,23-10-;;. The third kappa shape index (κ3) is 8.68. The zero-order valence-electron chi connectivity index (χ0n) is 22.1. The summed E-state index contributed by atoms with van der Waals surface area (Å²) in [4.78, 5) is 25.5. The molecular weight excluding hydrogens is 501 g/mol. The number of nitrogens with one attached hydrogen (secondary N) is 1. The van der Waals surface area contributed by atoms with Gasteiger partial charge in [-0.25, -0.2) is 9.37 Å². The number of halogens is 1. The zero-order chi connectivity index (χ0) is 29.6. The topological polar surface area (TPSA) is 194 Å². The first-order valence-electron chi connectivity index (χ1n) is 11.5. The number of aryl methyl sites for hydroxylation is 1. The Morgan fingerprint density at radius 2 is 1.74 bits per heavy atom. The molecule has 8 N–H and O–H groups in total. The summed E-state index contributed by atoms with van der Waals surface area (Å²) < 4.78 is 15.0. The smallest absolute Gasteiger partial charge is 0.290 e. The molecule has 11 heteroatoms. The minimum Gasteiger partial charge on any atom is -0.483 e. The highest BCUT2D eigenvalue weighted by Crippen LogP contribution is 2.31. The minimum atomic E-state index is -0.795. The molecule has 0 saturated heterocycles. The molecule has 0 aliphatic rings. The summed E-state index contributed by atoms with van der Waals surface area (Å²) >= 11 is 0. The van der Waals surface area contributed by atoms with Crippen LogP contribution in [0.1, 0.15) is 36.2 Å². The summed E-state index contributed by atoms with van der Waals surface area (Å²) in [6, 6.07) is 12.6. The predicted octanol–water partition coefficient (Wildman–Crippen LogP) is 3.54. The van der Waals surface area contributed by atoms with Crippen molar-refractivity contribution < 1.29 is 19.1 Å². The monoisotopic (exact) mass is 533 g/mol. The van der Waals surface area contributed by atoms with E-state index < -0.39 is 5.41 Å². The van der Waals surface area contributed by atoms with Gasteiger partial charge in [-0.05, 0) is 85.5 Å². The molecule has 0 unspecified atom stereocenters. The van der Waals surface area contributed by atoms with Crippen LogP contribution in [0.15, 0.2) is 61.1 Å². The fraction of sp³-hybridized carbons (Fsp3) is 0.179. The molecular formula is C28H32FN7O3. The molecule has 0 radical (unpaired) electrons. The number of rotatable bonds is 6. The van der Waals surface area contributed by atoms with Crippen molar-refractivity contribution in [2.45, 2.75) is 26.2 Å². The SMILES string of the molecule is CNc1cc(C(/C=C(\N)c2cc(-c3ccnc(C(C)(C)C#N)c3)c(F)cc2C)=C/N)ccn1.NC=O.O=CO. The number of carbonyl (C=O) groups excluding carboxylic acids is 1. The molecule has 0 atom stereocenters. The van der Waals surface area contributed by atoms with Gasteiger partial charge in [-0.2, -0.15) is 5.26 Å². The van der Waals surface area contributed by atoms with Gasteiger partial charge < -0.3 is 27.6 Å². The number of hydrogen-bond acceptors (Lipinski definition) is 8. The molecule has 0 spiro atoms. The number of allylic oxidation sites excluding steroid dienone is 2. The fourth-order valence-electron chi connectivity index (χ4n) is 3.42.